The first-order valence-corrected chi connectivity index (χ1v) is 9.26. The fourth-order valence-corrected chi connectivity index (χ4v) is 3.23. The van der Waals surface area contributed by atoms with Gasteiger partial charge in [0.25, 0.3) is 0 Å². The van der Waals surface area contributed by atoms with Crippen LogP contribution in [0.1, 0.15) is 28.0 Å². The Labute approximate surface area is 174 Å². The summed E-state index contributed by atoms with van der Waals surface area (Å²) in [4.78, 5) is 13.3. The summed E-state index contributed by atoms with van der Waals surface area (Å²) in [6, 6.07) is 6.76. The summed E-state index contributed by atoms with van der Waals surface area (Å²) < 4.78 is 21.4. The molecule has 0 bridgehead atoms. The molecule has 30 heavy (non-hydrogen) atoms. The van der Waals surface area contributed by atoms with Crippen molar-refractivity contribution < 1.29 is 28.8 Å². The third kappa shape index (κ3) is 3.81. The van der Waals surface area contributed by atoms with Crippen LogP contribution in [-0.4, -0.2) is 56.1 Å². The van der Waals surface area contributed by atoms with Crippen LogP contribution >= 0.6 is 0 Å². The number of hydrogen-bond donors (Lipinski definition) is 2. The fraction of sp³-hybridized carbons (Fsp3) is 0.273. The number of H-pyrrole nitrogens is 1. The van der Waals surface area contributed by atoms with E-state index in [-0.39, 0.29) is 12.4 Å². The van der Waals surface area contributed by atoms with Gasteiger partial charge in [-0.05, 0) is 30.7 Å². The van der Waals surface area contributed by atoms with Crippen molar-refractivity contribution in [1.29, 1.82) is 0 Å². The molecule has 0 unspecified atom stereocenters. The molecular formula is C22H24N2O6. The zero-order valence-electron chi connectivity index (χ0n) is 17.3. The number of ether oxygens (including phenoxy) is 4. The molecule has 1 aromatic heterocycles. The Kier molecular flexibility index (Phi) is 6.58. The second kappa shape index (κ2) is 9.32. The molecule has 0 aliphatic rings. The first-order chi connectivity index (χ1) is 14.6. The number of hydrogen-bond acceptors (Lipinski definition) is 7. The van der Waals surface area contributed by atoms with Gasteiger partial charge in [0.15, 0.2) is 11.5 Å². The number of aromatic nitrogens is 2. The molecule has 0 radical (unpaired) electrons. The number of carbonyl (C=O) groups is 1. The molecule has 0 atom stereocenters. The summed E-state index contributed by atoms with van der Waals surface area (Å²) in [6.07, 6.45) is 4.15. The van der Waals surface area contributed by atoms with Crippen molar-refractivity contribution in [2.75, 3.05) is 35.0 Å². The van der Waals surface area contributed by atoms with E-state index in [2.05, 4.69) is 10.2 Å². The number of benzene rings is 2. The standard InChI is InChI=1S/C22H24N2O6/c1-27-16-9-8-15-19(14(16)7-5-6-10-25)23-24-20(15)21(26)13-11-17(28-2)22(30-4)18(12-13)29-3/h5,7-9,11-12,25H,6,10H2,1-4H3,(H,23,24)/b7-5+. The Morgan fingerprint density at radius 2 is 1.70 bits per heavy atom. The van der Waals surface area contributed by atoms with Crippen LogP contribution in [0.2, 0.25) is 0 Å². The van der Waals surface area contributed by atoms with Crippen LogP contribution < -0.4 is 18.9 Å². The number of ketones is 1. The van der Waals surface area contributed by atoms with E-state index in [1.54, 1.807) is 31.4 Å². The van der Waals surface area contributed by atoms with Crippen LogP contribution in [0.4, 0.5) is 0 Å². The zero-order chi connectivity index (χ0) is 21.7. The van der Waals surface area contributed by atoms with E-state index in [4.69, 9.17) is 24.1 Å². The first kappa shape index (κ1) is 21.2. The van der Waals surface area contributed by atoms with Crippen LogP contribution in [0.3, 0.4) is 0 Å². The quantitative estimate of drug-likeness (QED) is 0.520. The lowest BCUT2D eigenvalue weighted by molar-refractivity contribution is 0.103. The van der Waals surface area contributed by atoms with Gasteiger partial charge in [0.05, 0.1) is 28.4 Å². The molecule has 0 fully saturated rings. The molecule has 0 amide bonds. The molecule has 0 spiro atoms. The largest absolute Gasteiger partial charge is 0.496 e. The van der Waals surface area contributed by atoms with E-state index in [0.717, 1.165) is 5.56 Å². The third-order valence-corrected chi connectivity index (χ3v) is 4.68. The minimum atomic E-state index is -0.271. The molecular weight excluding hydrogens is 388 g/mol. The van der Waals surface area contributed by atoms with Gasteiger partial charge in [0, 0.05) is 23.1 Å². The average Bonchev–Trinajstić information content (AvgIpc) is 3.22. The van der Waals surface area contributed by atoms with E-state index in [0.29, 0.717) is 51.6 Å². The van der Waals surface area contributed by atoms with Crippen LogP contribution in [0.15, 0.2) is 30.3 Å². The number of aliphatic hydroxyl groups is 1. The lowest BCUT2D eigenvalue weighted by Gasteiger charge is -2.13. The van der Waals surface area contributed by atoms with Gasteiger partial charge in [0.1, 0.15) is 17.0 Å². The number of carbonyl (C=O) groups excluding carboxylic acids is 1. The van der Waals surface area contributed by atoms with Gasteiger partial charge in [0.2, 0.25) is 11.5 Å². The summed E-state index contributed by atoms with van der Waals surface area (Å²) in [5.41, 5.74) is 2.02. The van der Waals surface area contributed by atoms with E-state index >= 15 is 0 Å². The van der Waals surface area contributed by atoms with E-state index < -0.39 is 0 Å². The van der Waals surface area contributed by atoms with Crippen molar-refractivity contribution >= 4 is 22.8 Å². The Morgan fingerprint density at radius 3 is 2.27 bits per heavy atom. The van der Waals surface area contributed by atoms with Crippen molar-refractivity contribution in [1.82, 2.24) is 10.2 Å². The van der Waals surface area contributed by atoms with Crippen LogP contribution in [0.25, 0.3) is 17.0 Å². The molecule has 1 heterocycles. The summed E-state index contributed by atoms with van der Waals surface area (Å²) in [6.45, 7) is 0.0419. The Morgan fingerprint density at radius 1 is 1.03 bits per heavy atom. The predicted molar refractivity (Wildman–Crippen MR) is 113 cm³/mol. The normalized spacial score (nSPS) is 11.1. The molecule has 8 nitrogen and oxygen atoms in total. The van der Waals surface area contributed by atoms with Gasteiger partial charge in [-0.25, -0.2) is 0 Å². The summed E-state index contributed by atoms with van der Waals surface area (Å²) >= 11 is 0. The fourth-order valence-electron chi connectivity index (χ4n) is 3.23. The SMILES string of the molecule is COc1cc(C(=O)c2[nH]nc3c(/C=C/CCO)c(OC)ccc23)cc(OC)c1OC. The van der Waals surface area contributed by atoms with Gasteiger partial charge >= 0.3 is 0 Å². The highest BCUT2D eigenvalue weighted by atomic mass is 16.5. The van der Waals surface area contributed by atoms with E-state index in [9.17, 15) is 4.79 Å². The topological polar surface area (TPSA) is 103 Å². The summed E-state index contributed by atoms with van der Waals surface area (Å²) in [7, 11) is 6.06. The van der Waals surface area contributed by atoms with Crippen molar-refractivity contribution in [3.63, 3.8) is 0 Å². The number of methoxy groups -OCH3 is 4. The maximum absolute atomic E-state index is 13.3. The van der Waals surface area contributed by atoms with Crippen molar-refractivity contribution in [2.24, 2.45) is 0 Å². The second-order valence-electron chi connectivity index (χ2n) is 6.33. The van der Waals surface area contributed by atoms with Gasteiger partial charge in [-0.15, -0.1) is 0 Å². The molecule has 0 saturated heterocycles. The highest BCUT2D eigenvalue weighted by Gasteiger charge is 2.22. The van der Waals surface area contributed by atoms with Gasteiger partial charge in [-0.1, -0.05) is 12.2 Å². The van der Waals surface area contributed by atoms with Crippen LogP contribution in [-0.2, 0) is 0 Å². The Balaban J connectivity index is 2.12. The molecule has 0 saturated carbocycles. The van der Waals surface area contributed by atoms with Gasteiger partial charge in [-0.2, -0.15) is 5.10 Å². The monoisotopic (exact) mass is 412 g/mol. The minimum Gasteiger partial charge on any atom is -0.496 e. The molecule has 0 aliphatic heterocycles. The van der Waals surface area contributed by atoms with Crippen molar-refractivity contribution in [2.45, 2.75) is 6.42 Å². The molecule has 3 aromatic rings. The highest BCUT2D eigenvalue weighted by molar-refractivity contribution is 6.16. The number of nitrogens with zero attached hydrogens (tertiary/aromatic N) is 1. The number of nitrogens with one attached hydrogen (secondary N) is 1. The summed E-state index contributed by atoms with van der Waals surface area (Å²) in [5, 5.41) is 16.9. The van der Waals surface area contributed by atoms with Gasteiger partial charge in [-0.3, -0.25) is 9.89 Å². The third-order valence-electron chi connectivity index (χ3n) is 4.68. The molecule has 158 valence electrons. The zero-order valence-corrected chi connectivity index (χ0v) is 17.3. The lowest BCUT2D eigenvalue weighted by Crippen LogP contribution is -2.05. The highest BCUT2D eigenvalue weighted by Crippen LogP contribution is 2.39. The Bertz CT molecular complexity index is 1060. The number of rotatable bonds is 9. The minimum absolute atomic E-state index is 0.0419. The maximum Gasteiger partial charge on any atom is 0.211 e. The van der Waals surface area contributed by atoms with Crippen LogP contribution in [0, 0.1) is 0 Å². The molecule has 2 aromatic carbocycles. The van der Waals surface area contributed by atoms with Crippen molar-refractivity contribution in [3.05, 3.63) is 47.2 Å². The molecule has 3 rings (SSSR count). The van der Waals surface area contributed by atoms with Crippen LogP contribution in [0.5, 0.6) is 23.0 Å². The molecule has 0 aliphatic carbocycles. The number of aromatic amines is 1. The Hall–Kier alpha value is -3.52. The number of aliphatic hydroxyl groups excluding tert-OH is 1. The van der Waals surface area contributed by atoms with E-state index in [1.165, 1.54) is 21.3 Å². The first-order valence-electron chi connectivity index (χ1n) is 9.26. The van der Waals surface area contributed by atoms with Gasteiger partial charge < -0.3 is 24.1 Å². The molecule has 2 N–H and O–H groups in total. The number of fused-ring (bicyclic) bond motifs is 1. The summed E-state index contributed by atoms with van der Waals surface area (Å²) in [5.74, 6) is 1.53. The second-order valence-corrected chi connectivity index (χ2v) is 6.33. The molecule has 8 heteroatoms. The smallest absolute Gasteiger partial charge is 0.211 e. The van der Waals surface area contributed by atoms with E-state index in [1.807, 2.05) is 12.2 Å². The van der Waals surface area contributed by atoms with Crippen molar-refractivity contribution in [3.8, 4) is 23.0 Å². The predicted octanol–water partition coefficient (Wildman–Crippen LogP) is 3.22. The lowest BCUT2D eigenvalue weighted by atomic mass is 10.0. The maximum atomic E-state index is 13.3. The average molecular weight is 412 g/mol.